The fourth-order valence-corrected chi connectivity index (χ4v) is 2.09. The summed E-state index contributed by atoms with van der Waals surface area (Å²) in [5.74, 6) is 0.0800. The molecule has 2 aliphatic rings. The normalized spacial score (nSPS) is 19.8. The number of carboxylic acids is 1. The molecule has 0 saturated heterocycles. The van der Waals surface area contributed by atoms with Gasteiger partial charge in [0.05, 0.1) is 0 Å². The topological polar surface area (TPSA) is 89.9 Å². The van der Waals surface area contributed by atoms with Crippen LogP contribution in [0.4, 0.5) is 4.79 Å². The number of aliphatic hydroxyl groups is 1. The summed E-state index contributed by atoms with van der Waals surface area (Å²) in [5.41, 5.74) is 0. The fraction of sp³-hybridized carbons (Fsp3) is 0.846. The van der Waals surface area contributed by atoms with Crippen molar-refractivity contribution >= 4 is 12.0 Å². The van der Waals surface area contributed by atoms with Crippen LogP contribution in [0.3, 0.4) is 0 Å². The second-order valence-corrected chi connectivity index (χ2v) is 5.64. The summed E-state index contributed by atoms with van der Waals surface area (Å²) < 4.78 is 0. The van der Waals surface area contributed by atoms with Crippen LogP contribution in [0.2, 0.25) is 0 Å². The van der Waals surface area contributed by atoms with Gasteiger partial charge in [0.2, 0.25) is 0 Å². The molecule has 0 heterocycles. The van der Waals surface area contributed by atoms with Crippen LogP contribution in [0, 0.1) is 11.8 Å². The number of aliphatic hydroxyl groups excluding tert-OH is 1. The zero-order valence-corrected chi connectivity index (χ0v) is 11.0. The highest BCUT2D eigenvalue weighted by molar-refractivity contribution is 5.82. The van der Waals surface area contributed by atoms with Gasteiger partial charge in [-0.25, -0.2) is 9.59 Å². The first-order valence-electron chi connectivity index (χ1n) is 6.99. The Morgan fingerprint density at radius 2 is 1.68 bits per heavy atom. The molecule has 6 nitrogen and oxygen atoms in total. The molecule has 2 fully saturated rings. The van der Waals surface area contributed by atoms with Crippen molar-refractivity contribution in [3.8, 4) is 0 Å². The minimum Gasteiger partial charge on any atom is -0.480 e. The molecular weight excluding hydrogens is 248 g/mol. The van der Waals surface area contributed by atoms with E-state index in [2.05, 4.69) is 5.32 Å². The van der Waals surface area contributed by atoms with E-state index in [-0.39, 0.29) is 19.1 Å². The van der Waals surface area contributed by atoms with Gasteiger partial charge in [0.25, 0.3) is 0 Å². The summed E-state index contributed by atoms with van der Waals surface area (Å²) in [7, 11) is 0. The molecule has 0 bridgehead atoms. The standard InChI is InChI=1S/C13H22N2O4/c16-6-5-11(12(17)18)14-13(19)15(7-9-1-2-9)8-10-3-4-10/h9-11,16H,1-8H2,(H,14,19)(H,17,18)/t11-/m1/s1. The van der Waals surface area contributed by atoms with E-state index in [1.165, 1.54) is 0 Å². The molecular formula is C13H22N2O4. The molecule has 0 aromatic heterocycles. The van der Waals surface area contributed by atoms with Crippen molar-refractivity contribution in [3.63, 3.8) is 0 Å². The molecule has 2 saturated carbocycles. The summed E-state index contributed by atoms with van der Waals surface area (Å²) in [6.07, 6.45) is 4.68. The van der Waals surface area contributed by atoms with E-state index in [0.717, 1.165) is 38.8 Å². The van der Waals surface area contributed by atoms with E-state index in [4.69, 9.17) is 10.2 Å². The summed E-state index contributed by atoms with van der Waals surface area (Å²) in [4.78, 5) is 24.9. The smallest absolute Gasteiger partial charge is 0.326 e. The van der Waals surface area contributed by atoms with Crippen LogP contribution in [0.15, 0.2) is 0 Å². The van der Waals surface area contributed by atoms with Crippen LogP contribution in [-0.4, -0.2) is 52.9 Å². The third-order valence-electron chi connectivity index (χ3n) is 3.65. The third-order valence-corrected chi connectivity index (χ3v) is 3.65. The lowest BCUT2D eigenvalue weighted by Gasteiger charge is -2.25. The fourth-order valence-electron chi connectivity index (χ4n) is 2.09. The first-order chi connectivity index (χ1) is 9.10. The lowest BCUT2D eigenvalue weighted by atomic mass is 10.2. The molecule has 3 N–H and O–H groups in total. The monoisotopic (exact) mass is 270 g/mol. The SMILES string of the molecule is O=C(O)[C@@H](CCO)NC(=O)N(CC1CC1)CC1CC1. The number of hydrogen-bond donors (Lipinski definition) is 3. The predicted octanol–water partition coefficient (Wildman–Crippen LogP) is 0.654. The van der Waals surface area contributed by atoms with Crippen LogP contribution in [0.5, 0.6) is 0 Å². The summed E-state index contributed by atoms with van der Waals surface area (Å²) in [5, 5.41) is 20.3. The highest BCUT2D eigenvalue weighted by Gasteiger charge is 2.32. The van der Waals surface area contributed by atoms with Gasteiger partial charge in [0.15, 0.2) is 0 Å². The molecule has 108 valence electrons. The minimum absolute atomic E-state index is 0.0434. The zero-order chi connectivity index (χ0) is 13.8. The van der Waals surface area contributed by atoms with Gasteiger partial charge in [-0.1, -0.05) is 0 Å². The second-order valence-electron chi connectivity index (χ2n) is 5.64. The number of carbonyl (C=O) groups excluding carboxylic acids is 1. The number of amides is 2. The van der Waals surface area contributed by atoms with Crippen molar-refractivity contribution in [2.45, 2.75) is 38.1 Å². The summed E-state index contributed by atoms with van der Waals surface area (Å²) >= 11 is 0. The van der Waals surface area contributed by atoms with Gasteiger partial charge in [-0.05, 0) is 37.5 Å². The molecule has 2 aliphatic carbocycles. The van der Waals surface area contributed by atoms with Crippen molar-refractivity contribution in [2.75, 3.05) is 19.7 Å². The highest BCUT2D eigenvalue weighted by Crippen LogP contribution is 2.33. The Morgan fingerprint density at radius 3 is 2.05 bits per heavy atom. The molecule has 6 heteroatoms. The maximum Gasteiger partial charge on any atom is 0.326 e. The highest BCUT2D eigenvalue weighted by atomic mass is 16.4. The third kappa shape index (κ3) is 4.70. The minimum atomic E-state index is -1.10. The van der Waals surface area contributed by atoms with Crippen LogP contribution >= 0.6 is 0 Å². The van der Waals surface area contributed by atoms with Crippen LogP contribution in [0.25, 0.3) is 0 Å². The first kappa shape index (κ1) is 14.1. The van der Waals surface area contributed by atoms with Crippen LogP contribution in [-0.2, 0) is 4.79 Å². The molecule has 0 spiro atoms. The van der Waals surface area contributed by atoms with Gasteiger partial charge in [-0.15, -0.1) is 0 Å². The van der Waals surface area contributed by atoms with Crippen molar-refractivity contribution in [2.24, 2.45) is 11.8 Å². The van der Waals surface area contributed by atoms with Gasteiger partial charge < -0.3 is 20.4 Å². The number of rotatable bonds is 8. The number of aliphatic carboxylic acids is 1. The number of carboxylic acid groups (broad SMARTS) is 1. The van der Waals surface area contributed by atoms with Gasteiger partial charge >= 0.3 is 12.0 Å². The predicted molar refractivity (Wildman–Crippen MR) is 68.7 cm³/mol. The largest absolute Gasteiger partial charge is 0.480 e. The Bertz CT molecular complexity index is 326. The molecule has 0 radical (unpaired) electrons. The van der Waals surface area contributed by atoms with E-state index in [9.17, 15) is 9.59 Å². The molecule has 19 heavy (non-hydrogen) atoms. The molecule has 2 rings (SSSR count). The second kappa shape index (κ2) is 6.23. The van der Waals surface area contributed by atoms with Crippen LogP contribution in [0.1, 0.15) is 32.1 Å². The average molecular weight is 270 g/mol. The molecule has 0 aromatic rings. The molecule has 0 unspecified atom stereocenters. The van der Waals surface area contributed by atoms with Gasteiger partial charge in [-0.3, -0.25) is 0 Å². The number of carbonyl (C=O) groups is 2. The van der Waals surface area contributed by atoms with E-state index in [1.54, 1.807) is 4.90 Å². The Morgan fingerprint density at radius 1 is 1.16 bits per heavy atom. The quantitative estimate of drug-likeness (QED) is 0.604. The van der Waals surface area contributed by atoms with Gasteiger partial charge in [-0.2, -0.15) is 0 Å². The maximum absolute atomic E-state index is 12.1. The maximum atomic E-state index is 12.1. The van der Waals surface area contributed by atoms with E-state index >= 15 is 0 Å². The van der Waals surface area contributed by atoms with Crippen molar-refractivity contribution < 1.29 is 19.8 Å². The Hall–Kier alpha value is -1.30. The first-order valence-corrected chi connectivity index (χ1v) is 6.99. The van der Waals surface area contributed by atoms with Crippen LogP contribution < -0.4 is 5.32 Å². The number of nitrogens with zero attached hydrogens (tertiary/aromatic N) is 1. The Labute approximate surface area is 112 Å². The molecule has 1 atom stereocenters. The van der Waals surface area contributed by atoms with Gasteiger partial charge in [0, 0.05) is 26.1 Å². The lowest BCUT2D eigenvalue weighted by molar-refractivity contribution is -0.139. The summed E-state index contributed by atoms with van der Waals surface area (Å²) in [6, 6.07) is -1.31. The summed E-state index contributed by atoms with van der Waals surface area (Å²) in [6.45, 7) is 1.21. The average Bonchev–Trinajstić information content (AvgIpc) is 3.22. The zero-order valence-electron chi connectivity index (χ0n) is 11.0. The van der Waals surface area contributed by atoms with Crippen molar-refractivity contribution in [3.05, 3.63) is 0 Å². The van der Waals surface area contributed by atoms with E-state index in [1.807, 2.05) is 0 Å². The van der Waals surface area contributed by atoms with Crippen molar-refractivity contribution in [1.29, 1.82) is 0 Å². The number of nitrogens with one attached hydrogen (secondary N) is 1. The van der Waals surface area contributed by atoms with E-state index in [0.29, 0.717) is 11.8 Å². The van der Waals surface area contributed by atoms with Crippen molar-refractivity contribution in [1.82, 2.24) is 10.2 Å². The molecule has 0 aromatic carbocycles. The molecule has 0 aliphatic heterocycles. The van der Waals surface area contributed by atoms with Gasteiger partial charge in [0.1, 0.15) is 6.04 Å². The number of urea groups is 1. The van der Waals surface area contributed by atoms with E-state index < -0.39 is 12.0 Å². The molecule has 2 amide bonds. The number of hydrogen-bond acceptors (Lipinski definition) is 3. The lowest BCUT2D eigenvalue weighted by Crippen LogP contribution is -2.49. The Balaban J connectivity index is 1.86. The Kier molecular flexibility index (Phi) is 4.63.